The summed E-state index contributed by atoms with van der Waals surface area (Å²) in [4.78, 5) is 25.7. The maximum atomic E-state index is 12.6. The van der Waals surface area contributed by atoms with Crippen molar-refractivity contribution in [2.45, 2.75) is 31.4 Å². The van der Waals surface area contributed by atoms with E-state index >= 15 is 0 Å². The van der Waals surface area contributed by atoms with Crippen LogP contribution >= 0.6 is 0 Å². The summed E-state index contributed by atoms with van der Waals surface area (Å²) in [5, 5.41) is 21.0. The lowest BCUT2D eigenvalue weighted by atomic mass is 10.1. The minimum atomic E-state index is -0.235. The number of carbonyl (C=O) groups excluding carboxylic acids is 1. The molecule has 3 aromatic rings. The molecule has 2 fully saturated rings. The van der Waals surface area contributed by atoms with Crippen molar-refractivity contribution in [2.75, 3.05) is 36.0 Å². The number of nitrogens with one attached hydrogen (secondary N) is 1. The normalized spacial score (nSPS) is 20.1. The van der Waals surface area contributed by atoms with Crippen molar-refractivity contribution in [2.24, 2.45) is 0 Å². The van der Waals surface area contributed by atoms with Gasteiger partial charge in [0.05, 0.1) is 6.10 Å². The summed E-state index contributed by atoms with van der Waals surface area (Å²) >= 11 is 0. The van der Waals surface area contributed by atoms with Gasteiger partial charge >= 0.3 is 0 Å². The quantitative estimate of drug-likeness (QED) is 0.642. The van der Waals surface area contributed by atoms with E-state index in [2.05, 4.69) is 35.3 Å². The van der Waals surface area contributed by atoms with Crippen LogP contribution in [-0.2, 0) is 0 Å². The summed E-state index contributed by atoms with van der Waals surface area (Å²) in [5.74, 6) is 1.35. The molecule has 2 aliphatic heterocycles. The Balaban J connectivity index is 1.20. The molecule has 10 nitrogen and oxygen atoms in total. The number of carbonyl (C=O) groups is 1. The Morgan fingerprint density at radius 2 is 1.77 bits per heavy atom. The molecule has 1 atom stereocenters. The van der Waals surface area contributed by atoms with Crippen LogP contribution in [0.2, 0.25) is 0 Å². The zero-order chi connectivity index (χ0) is 20.5. The third-order valence-electron chi connectivity index (χ3n) is 5.79. The third kappa shape index (κ3) is 3.65. The fourth-order valence-corrected chi connectivity index (χ4v) is 4.10. The molecule has 0 unspecified atom stereocenters. The second-order valence-electron chi connectivity index (χ2n) is 7.81. The van der Waals surface area contributed by atoms with E-state index in [0.29, 0.717) is 12.2 Å². The number of aromatic nitrogens is 5. The average Bonchev–Trinajstić information content (AvgIpc) is 3.44. The largest absolute Gasteiger partial charge is 0.393 e. The highest BCUT2D eigenvalue weighted by Gasteiger charge is 2.27. The van der Waals surface area contributed by atoms with Crippen molar-refractivity contribution >= 4 is 23.2 Å². The number of rotatable bonds is 4. The van der Waals surface area contributed by atoms with E-state index in [0.717, 1.165) is 56.2 Å². The molecule has 5 heterocycles. The van der Waals surface area contributed by atoms with E-state index in [9.17, 15) is 9.90 Å². The lowest BCUT2D eigenvalue weighted by molar-refractivity contribution is 0.0934. The average molecular weight is 408 g/mol. The molecule has 30 heavy (non-hydrogen) atoms. The summed E-state index contributed by atoms with van der Waals surface area (Å²) < 4.78 is 1.94. The highest BCUT2D eigenvalue weighted by atomic mass is 16.3. The maximum absolute atomic E-state index is 12.6. The van der Waals surface area contributed by atoms with Gasteiger partial charge in [-0.1, -0.05) is 0 Å². The van der Waals surface area contributed by atoms with Gasteiger partial charge in [0.1, 0.15) is 0 Å². The first-order valence-corrected chi connectivity index (χ1v) is 10.3. The van der Waals surface area contributed by atoms with Gasteiger partial charge in [-0.2, -0.15) is 0 Å². The van der Waals surface area contributed by atoms with Gasteiger partial charge < -0.3 is 24.6 Å². The third-order valence-corrected chi connectivity index (χ3v) is 5.79. The van der Waals surface area contributed by atoms with E-state index in [1.54, 1.807) is 18.5 Å². The fraction of sp³-hybridized carbons (Fsp3) is 0.450. The minimum absolute atomic E-state index is 0.0135. The summed E-state index contributed by atoms with van der Waals surface area (Å²) in [7, 11) is 0. The highest BCUT2D eigenvalue weighted by Crippen LogP contribution is 2.22. The van der Waals surface area contributed by atoms with E-state index in [-0.39, 0.29) is 18.1 Å². The number of aliphatic hydroxyl groups excluding tert-OH is 1. The topological polar surface area (TPSA) is 112 Å². The first-order chi connectivity index (χ1) is 14.7. The number of nitrogens with zero attached hydrogens (tertiary/aromatic N) is 7. The van der Waals surface area contributed by atoms with Crippen molar-refractivity contribution in [3.8, 4) is 0 Å². The van der Waals surface area contributed by atoms with Crippen LogP contribution < -0.4 is 15.1 Å². The number of hydrogen-bond donors (Lipinski definition) is 2. The van der Waals surface area contributed by atoms with Gasteiger partial charge in [0.2, 0.25) is 0 Å². The van der Waals surface area contributed by atoms with E-state index in [1.165, 1.54) is 0 Å². The van der Waals surface area contributed by atoms with Gasteiger partial charge in [-0.3, -0.25) is 4.79 Å². The first kappa shape index (κ1) is 18.7. The van der Waals surface area contributed by atoms with Crippen molar-refractivity contribution < 1.29 is 9.90 Å². The van der Waals surface area contributed by atoms with Crippen molar-refractivity contribution in [3.63, 3.8) is 0 Å². The Bertz CT molecular complexity index is 1030. The Morgan fingerprint density at radius 3 is 2.53 bits per heavy atom. The highest BCUT2D eigenvalue weighted by molar-refractivity contribution is 5.92. The summed E-state index contributed by atoms with van der Waals surface area (Å²) in [6.45, 7) is 2.97. The summed E-state index contributed by atoms with van der Waals surface area (Å²) in [5.41, 5.74) is 1.12. The van der Waals surface area contributed by atoms with Gasteiger partial charge in [0, 0.05) is 57.0 Å². The first-order valence-electron chi connectivity index (χ1n) is 10.3. The Morgan fingerprint density at radius 1 is 1.00 bits per heavy atom. The Labute approximate surface area is 173 Å². The molecule has 3 aromatic heterocycles. The van der Waals surface area contributed by atoms with Crippen molar-refractivity contribution in [3.05, 3.63) is 42.6 Å². The van der Waals surface area contributed by atoms with Crippen LogP contribution in [0.5, 0.6) is 0 Å². The lowest BCUT2D eigenvalue weighted by Gasteiger charge is -2.30. The SMILES string of the molecule is O=C(N[C@H]1CCN(c2nccn3ccnc23)C1)c1ccc(N2CCC(O)CC2)nn1. The second kappa shape index (κ2) is 7.86. The van der Waals surface area contributed by atoms with Gasteiger partial charge in [-0.05, 0) is 31.4 Å². The molecule has 0 aromatic carbocycles. The molecule has 5 rings (SSSR count). The predicted molar refractivity (Wildman–Crippen MR) is 111 cm³/mol. The van der Waals surface area contributed by atoms with Crippen LogP contribution in [0.15, 0.2) is 36.9 Å². The number of imidazole rings is 1. The molecule has 2 aliphatic rings. The molecule has 156 valence electrons. The van der Waals surface area contributed by atoms with Crippen LogP contribution in [0.4, 0.5) is 11.6 Å². The molecule has 0 radical (unpaired) electrons. The number of amides is 1. The predicted octanol–water partition coefficient (Wildman–Crippen LogP) is 0.489. The molecule has 0 bridgehead atoms. The van der Waals surface area contributed by atoms with E-state index < -0.39 is 0 Å². The number of piperidine rings is 1. The zero-order valence-corrected chi connectivity index (χ0v) is 16.6. The van der Waals surface area contributed by atoms with Gasteiger partial charge in [-0.25, -0.2) is 9.97 Å². The standard InChI is InChI=1S/C20H24N8O2/c29-15-4-9-26(10-5-15)17-2-1-16(24-25-17)20(30)23-14-3-8-28(13-14)19-18-21-6-11-27(18)12-7-22-19/h1-2,6-7,11-12,14-15,29H,3-5,8-10,13H2,(H,23,30)/t14-/m0/s1. The summed E-state index contributed by atoms with van der Waals surface area (Å²) in [6, 6.07) is 3.55. The van der Waals surface area contributed by atoms with Crippen LogP contribution in [-0.4, -0.2) is 73.9 Å². The number of aliphatic hydroxyl groups is 1. The van der Waals surface area contributed by atoms with Crippen LogP contribution in [0.25, 0.3) is 5.65 Å². The molecule has 1 amide bonds. The molecular formula is C20H24N8O2. The zero-order valence-electron chi connectivity index (χ0n) is 16.6. The molecular weight excluding hydrogens is 384 g/mol. The summed E-state index contributed by atoms with van der Waals surface area (Å²) in [6.07, 6.45) is 9.32. The number of hydrogen-bond acceptors (Lipinski definition) is 8. The van der Waals surface area contributed by atoms with Crippen LogP contribution in [0.3, 0.4) is 0 Å². The smallest absolute Gasteiger partial charge is 0.272 e. The second-order valence-corrected chi connectivity index (χ2v) is 7.81. The number of fused-ring (bicyclic) bond motifs is 1. The number of anilines is 2. The molecule has 0 spiro atoms. The Hall–Kier alpha value is -3.27. The van der Waals surface area contributed by atoms with Crippen LogP contribution in [0.1, 0.15) is 29.8 Å². The monoisotopic (exact) mass is 408 g/mol. The molecule has 10 heteroatoms. The van der Waals surface area contributed by atoms with Gasteiger partial charge in [0.15, 0.2) is 23.0 Å². The lowest BCUT2D eigenvalue weighted by Crippen LogP contribution is -2.38. The van der Waals surface area contributed by atoms with Crippen molar-refractivity contribution in [1.29, 1.82) is 0 Å². The van der Waals surface area contributed by atoms with E-state index in [4.69, 9.17) is 0 Å². The molecule has 0 saturated carbocycles. The van der Waals surface area contributed by atoms with Crippen LogP contribution in [0, 0.1) is 0 Å². The van der Waals surface area contributed by atoms with Crippen molar-refractivity contribution in [1.82, 2.24) is 29.9 Å². The maximum Gasteiger partial charge on any atom is 0.272 e. The van der Waals surface area contributed by atoms with Gasteiger partial charge in [0.25, 0.3) is 5.91 Å². The minimum Gasteiger partial charge on any atom is -0.393 e. The Kier molecular flexibility index (Phi) is 4.91. The fourth-order valence-electron chi connectivity index (χ4n) is 4.10. The molecule has 2 saturated heterocycles. The van der Waals surface area contributed by atoms with Gasteiger partial charge in [-0.15, -0.1) is 10.2 Å². The molecule has 0 aliphatic carbocycles. The van der Waals surface area contributed by atoms with E-state index in [1.807, 2.05) is 22.9 Å². The molecule has 2 N–H and O–H groups in total.